The van der Waals surface area contributed by atoms with Crippen molar-refractivity contribution in [3.63, 3.8) is 0 Å². The average Bonchev–Trinajstić information content (AvgIpc) is 3.68. The first kappa shape index (κ1) is 31.0. The van der Waals surface area contributed by atoms with Crippen LogP contribution in [0, 0.1) is 32.1 Å². The van der Waals surface area contributed by atoms with E-state index in [4.69, 9.17) is 15.4 Å². The van der Waals surface area contributed by atoms with Crippen LogP contribution >= 0.6 is 0 Å². The number of rotatable bonds is 6. The Morgan fingerprint density at radius 1 is 0.638 bits per heavy atom. The van der Waals surface area contributed by atoms with Crippen LogP contribution in [-0.2, 0) is 26.5 Å². The molecule has 0 amide bonds. The molecule has 6 aromatic carbocycles. The van der Waals surface area contributed by atoms with Crippen molar-refractivity contribution in [3.8, 4) is 55.9 Å². The summed E-state index contributed by atoms with van der Waals surface area (Å²) >= 11 is 0. The van der Waals surface area contributed by atoms with Crippen LogP contribution in [0.3, 0.4) is 0 Å². The molecule has 9 rings (SSSR count). The maximum absolute atomic E-state index is 8.57. The zero-order chi connectivity index (χ0) is 46.3. The quantitative estimate of drug-likeness (QED) is 0.156. The van der Waals surface area contributed by atoms with E-state index >= 15 is 0 Å². The van der Waals surface area contributed by atoms with E-state index in [0.29, 0.717) is 27.9 Å². The summed E-state index contributed by atoms with van der Waals surface area (Å²) in [5, 5.41) is 2.10. The van der Waals surface area contributed by atoms with Gasteiger partial charge in [-0.3, -0.25) is 4.98 Å². The van der Waals surface area contributed by atoms with Gasteiger partial charge in [0, 0.05) is 60.1 Å². The smallest absolute Gasteiger partial charge is 0.128 e. The number of para-hydroxylation sites is 1. The number of hydrogen-bond donors (Lipinski definition) is 0. The predicted octanol–water partition coefficient (Wildman–Crippen LogP) is 14.6. The van der Waals surface area contributed by atoms with Crippen molar-refractivity contribution >= 4 is 21.9 Å². The van der Waals surface area contributed by atoms with E-state index in [1.54, 1.807) is 24.4 Å². The van der Waals surface area contributed by atoms with Gasteiger partial charge in [-0.05, 0) is 75.4 Å². The SMILES string of the molecule is [2H]C([2H])([2H])c1ccc(-c2cc(-c3ccccc3)c(C([2H])([2H])[2H])cc2[CH2-])nc1.[2H]C([2H])(c1ccc(-c2ccnc(-c3[c-]ccc4c3oc3c(-c5ccccc5)cccc34)c2)cc1)C(C)(C)C.[Ir]. The van der Waals surface area contributed by atoms with Crippen molar-refractivity contribution in [2.75, 3.05) is 0 Å². The van der Waals surface area contributed by atoms with Gasteiger partial charge in [-0.15, -0.1) is 29.8 Å². The Labute approximate surface area is 367 Å². The minimum atomic E-state index is -2.28. The van der Waals surface area contributed by atoms with Gasteiger partial charge in [-0.2, -0.15) is 18.6 Å². The summed E-state index contributed by atoms with van der Waals surface area (Å²) in [6.45, 7) is 5.24. The van der Waals surface area contributed by atoms with Crippen molar-refractivity contribution < 1.29 is 35.5 Å². The van der Waals surface area contributed by atoms with Crippen molar-refractivity contribution in [2.45, 2.75) is 40.8 Å². The van der Waals surface area contributed by atoms with E-state index in [9.17, 15) is 0 Å². The molecule has 3 nitrogen and oxygen atoms in total. The van der Waals surface area contributed by atoms with Gasteiger partial charge in [0.05, 0.1) is 5.58 Å². The Morgan fingerprint density at radius 2 is 1.36 bits per heavy atom. The van der Waals surface area contributed by atoms with Gasteiger partial charge in [0.2, 0.25) is 0 Å². The molecule has 0 unspecified atom stereocenters. The summed E-state index contributed by atoms with van der Waals surface area (Å²) < 4.78 is 69.6. The van der Waals surface area contributed by atoms with Crippen LogP contribution in [0.4, 0.5) is 0 Å². The molecule has 0 aliphatic heterocycles. The number of aryl methyl sites for hydroxylation is 2. The average molecular weight is 939 g/mol. The van der Waals surface area contributed by atoms with Gasteiger partial charge in [-0.1, -0.05) is 159 Å². The van der Waals surface area contributed by atoms with Gasteiger partial charge in [0.1, 0.15) is 5.58 Å². The van der Waals surface area contributed by atoms with E-state index in [2.05, 4.69) is 53.3 Å². The topological polar surface area (TPSA) is 38.9 Å². The normalized spacial score (nSPS) is 13.9. The van der Waals surface area contributed by atoms with Crippen LogP contribution in [0.15, 0.2) is 168 Å². The maximum atomic E-state index is 8.57. The van der Waals surface area contributed by atoms with E-state index in [0.717, 1.165) is 61.0 Å². The largest absolute Gasteiger partial charge is 0.500 e. The Kier molecular flexibility index (Phi) is 9.19. The van der Waals surface area contributed by atoms with Crippen LogP contribution < -0.4 is 0 Å². The van der Waals surface area contributed by atoms with Gasteiger partial charge in [-0.25, -0.2) is 0 Å². The second-order valence-corrected chi connectivity index (χ2v) is 15.0. The molecule has 0 saturated carbocycles. The molecule has 9 aromatic rings. The summed E-state index contributed by atoms with van der Waals surface area (Å²) in [4.78, 5) is 8.94. The second-order valence-electron chi connectivity index (χ2n) is 15.0. The molecular weight excluding hydrogens is 885 g/mol. The first-order valence-electron chi connectivity index (χ1n) is 22.8. The molecule has 0 aliphatic rings. The molecule has 58 heavy (non-hydrogen) atoms. The minimum absolute atomic E-state index is 0. The molecule has 1 radical (unpaired) electrons. The third-order valence-electron chi connectivity index (χ3n) is 9.66. The van der Waals surface area contributed by atoms with Crippen LogP contribution in [0.5, 0.6) is 0 Å². The van der Waals surface area contributed by atoms with Crippen molar-refractivity contribution in [3.05, 3.63) is 199 Å². The monoisotopic (exact) mass is 939 g/mol. The van der Waals surface area contributed by atoms with Crippen molar-refractivity contribution in [2.24, 2.45) is 5.41 Å². The fraction of sp³-hybridized carbons (Fsp3) is 0.130. The summed E-state index contributed by atoms with van der Waals surface area (Å²) in [6.07, 6.45) is 1.69. The molecule has 3 heterocycles. The zero-order valence-electron chi connectivity index (χ0n) is 40.4. The van der Waals surface area contributed by atoms with Gasteiger partial charge < -0.3 is 9.40 Å². The Bertz CT molecular complexity index is 3120. The van der Waals surface area contributed by atoms with E-state index in [-0.39, 0.29) is 31.2 Å². The number of aromatic nitrogens is 2. The number of fused-ring (bicyclic) bond motifs is 3. The molecule has 0 fully saturated rings. The predicted molar refractivity (Wildman–Crippen MR) is 239 cm³/mol. The van der Waals surface area contributed by atoms with E-state index < -0.39 is 25.5 Å². The fourth-order valence-electron chi connectivity index (χ4n) is 7.02. The minimum Gasteiger partial charge on any atom is -0.500 e. The Hall–Kier alpha value is -6.06. The molecule has 0 N–H and O–H groups in total. The van der Waals surface area contributed by atoms with Crippen LogP contribution in [0.1, 0.15) is 54.0 Å². The van der Waals surface area contributed by atoms with Gasteiger partial charge in [0.25, 0.3) is 0 Å². The molecule has 3 aromatic heterocycles. The maximum Gasteiger partial charge on any atom is 0.128 e. The van der Waals surface area contributed by atoms with Crippen molar-refractivity contribution in [1.29, 1.82) is 0 Å². The van der Waals surface area contributed by atoms with Crippen LogP contribution in [-0.4, -0.2) is 9.97 Å². The summed E-state index contributed by atoms with van der Waals surface area (Å²) in [6, 6.07) is 51.3. The Balaban J connectivity index is 0.000000205. The zero-order valence-corrected chi connectivity index (χ0v) is 34.8. The Morgan fingerprint density at radius 3 is 2.03 bits per heavy atom. The number of nitrogens with zero attached hydrogens (tertiary/aromatic N) is 2. The third-order valence-corrected chi connectivity index (χ3v) is 9.66. The summed E-state index contributed by atoms with van der Waals surface area (Å²) in [5.41, 5.74) is 11.1. The first-order valence-corrected chi connectivity index (χ1v) is 18.8. The van der Waals surface area contributed by atoms with Crippen LogP contribution in [0.25, 0.3) is 77.8 Å². The fourth-order valence-corrected chi connectivity index (χ4v) is 7.02. The summed E-state index contributed by atoms with van der Waals surface area (Å²) in [5.74, 6) is 0. The number of benzene rings is 6. The molecule has 0 aliphatic carbocycles. The van der Waals surface area contributed by atoms with Gasteiger partial charge >= 0.3 is 0 Å². The van der Waals surface area contributed by atoms with E-state index in [1.807, 2.05) is 118 Å². The number of pyridine rings is 2. The standard InChI is InChI=1S/C34H28NO.C20H18N.Ir/c1-34(2,3)22-23-15-17-24(18-16-23)26-19-20-35-31(21-26)30-14-8-13-29-28-12-7-11-27(32(28)36-33(29)30)25-9-5-4-6-10-25;1-14-9-10-20(21-13-14)19-12-18(15(2)11-16(19)3)17-7-5-4-6-8-17;/h4-13,15-21H,22H2,1-3H3;4-13H,3H2,1-2H3;/q2*-1;/i22D2;1D3,2D3;. The molecular formula is C54H46IrN2O-2. The second kappa shape index (κ2) is 17.2. The number of hydrogen-bond acceptors (Lipinski definition) is 3. The molecule has 0 spiro atoms. The van der Waals surface area contributed by atoms with Gasteiger partial charge in [0.15, 0.2) is 0 Å². The molecule has 0 atom stereocenters. The molecule has 289 valence electrons. The third kappa shape index (κ3) is 8.75. The van der Waals surface area contributed by atoms with E-state index in [1.165, 1.54) is 12.3 Å². The van der Waals surface area contributed by atoms with Crippen LogP contribution in [0.2, 0.25) is 0 Å². The number of furan rings is 1. The molecule has 0 bridgehead atoms. The summed E-state index contributed by atoms with van der Waals surface area (Å²) in [7, 11) is 0. The van der Waals surface area contributed by atoms with Crippen molar-refractivity contribution in [1.82, 2.24) is 9.97 Å². The molecule has 0 saturated heterocycles. The first-order chi connectivity index (χ1) is 30.8. The molecule has 4 heteroatoms.